The van der Waals surface area contributed by atoms with Gasteiger partial charge in [-0.2, -0.15) is 0 Å². The van der Waals surface area contributed by atoms with Gasteiger partial charge < -0.3 is 20.3 Å². The minimum absolute atomic E-state index is 0. The zero-order valence-corrected chi connectivity index (χ0v) is 17.9. The molecule has 1 saturated carbocycles. The number of aliphatic hydroxyl groups excluding tert-OH is 1. The average molecular weight is 470 g/mol. The predicted molar refractivity (Wildman–Crippen MR) is 119 cm³/mol. The fraction of sp³-hybridized carbons (Fsp3) is 0.550. The molecule has 1 aromatic heterocycles. The Morgan fingerprint density at radius 2 is 1.96 bits per heavy atom. The van der Waals surface area contributed by atoms with Crippen molar-refractivity contribution in [3.63, 3.8) is 0 Å². The molecule has 26 heavy (non-hydrogen) atoms. The number of hydrogen-bond donors (Lipinski definition) is 3. The van der Waals surface area contributed by atoms with Crippen LogP contribution in [0.4, 0.5) is 0 Å². The van der Waals surface area contributed by atoms with Crippen LogP contribution in [-0.4, -0.2) is 40.9 Å². The number of aryl methyl sites for hydroxylation is 1. The highest BCUT2D eigenvalue weighted by molar-refractivity contribution is 14.0. The van der Waals surface area contributed by atoms with Gasteiger partial charge in [0.25, 0.3) is 0 Å². The number of halogens is 1. The molecule has 1 heterocycles. The monoisotopic (exact) mass is 470 g/mol. The Balaban J connectivity index is 0.00000243. The van der Waals surface area contributed by atoms with Crippen LogP contribution in [0.2, 0.25) is 0 Å². The van der Waals surface area contributed by atoms with Crippen molar-refractivity contribution in [2.24, 2.45) is 4.99 Å². The lowest BCUT2D eigenvalue weighted by molar-refractivity contribution is 0.120. The molecule has 0 aliphatic heterocycles. The smallest absolute Gasteiger partial charge is 0.191 e. The first kappa shape index (κ1) is 21.0. The third-order valence-corrected chi connectivity index (χ3v) is 4.89. The molecule has 6 heteroatoms. The molecule has 3 N–H and O–H groups in total. The van der Waals surface area contributed by atoms with Crippen LogP contribution in [0, 0.1) is 0 Å². The van der Waals surface area contributed by atoms with Crippen molar-refractivity contribution in [1.82, 2.24) is 15.2 Å². The molecule has 1 fully saturated rings. The Labute approximate surface area is 173 Å². The van der Waals surface area contributed by atoms with Crippen LogP contribution >= 0.6 is 24.0 Å². The third-order valence-electron chi connectivity index (χ3n) is 4.89. The van der Waals surface area contributed by atoms with Gasteiger partial charge in [-0.3, -0.25) is 4.99 Å². The van der Waals surface area contributed by atoms with Crippen LogP contribution in [0.25, 0.3) is 10.9 Å². The van der Waals surface area contributed by atoms with Crippen LogP contribution in [0.15, 0.2) is 41.5 Å². The molecule has 3 rings (SSSR count). The maximum absolute atomic E-state index is 9.63. The lowest BCUT2D eigenvalue weighted by Gasteiger charge is -2.27. The number of rotatable bonds is 6. The molecule has 0 unspecified atom stereocenters. The summed E-state index contributed by atoms with van der Waals surface area (Å²) < 4.78 is 2.30. The number of aliphatic hydroxyl groups is 1. The van der Waals surface area contributed by atoms with Gasteiger partial charge in [0.2, 0.25) is 0 Å². The minimum atomic E-state index is -0.117. The topological polar surface area (TPSA) is 61.6 Å². The number of aromatic nitrogens is 1. The summed E-state index contributed by atoms with van der Waals surface area (Å²) in [6.07, 6.45) is 6.86. The molecular formula is C20H31IN4O. The fourth-order valence-corrected chi connectivity index (χ4v) is 3.50. The molecule has 0 spiro atoms. The van der Waals surface area contributed by atoms with Crippen LogP contribution < -0.4 is 10.6 Å². The maximum atomic E-state index is 9.63. The number of benzene rings is 1. The van der Waals surface area contributed by atoms with E-state index in [-0.39, 0.29) is 30.1 Å². The number of para-hydroxylation sites is 1. The average Bonchev–Trinajstić information content (AvgIpc) is 3.04. The zero-order chi connectivity index (χ0) is 17.5. The third kappa shape index (κ3) is 5.87. The molecule has 0 bridgehead atoms. The van der Waals surface area contributed by atoms with Crippen LogP contribution in [0.5, 0.6) is 0 Å². The molecule has 0 amide bonds. The van der Waals surface area contributed by atoms with Crippen molar-refractivity contribution in [2.45, 2.75) is 57.7 Å². The highest BCUT2D eigenvalue weighted by Gasteiger charge is 2.19. The first-order valence-corrected chi connectivity index (χ1v) is 9.53. The molecule has 1 aromatic carbocycles. The summed E-state index contributed by atoms with van der Waals surface area (Å²) in [5.74, 6) is 0.904. The molecule has 0 saturated heterocycles. The molecule has 5 nitrogen and oxygen atoms in total. The number of nitrogens with zero attached hydrogens (tertiary/aromatic N) is 2. The van der Waals surface area contributed by atoms with E-state index in [0.29, 0.717) is 6.04 Å². The normalized spacial score (nSPS) is 20.6. The van der Waals surface area contributed by atoms with E-state index in [2.05, 4.69) is 58.7 Å². The standard InChI is InChI=1S/C20H30N4O.HI/c1-2-21-20(23-17-8-10-18(25)11-9-17)22-13-5-14-24-15-12-16-6-3-4-7-19(16)24;/h3-4,6-7,12,15,17-18,25H,2,5,8-11,13-14H2,1H3,(H2,21,22,23);1H. The van der Waals surface area contributed by atoms with Gasteiger partial charge in [0.15, 0.2) is 5.96 Å². The summed E-state index contributed by atoms with van der Waals surface area (Å²) in [6, 6.07) is 11.1. The van der Waals surface area contributed by atoms with Gasteiger partial charge in [-0.15, -0.1) is 24.0 Å². The van der Waals surface area contributed by atoms with E-state index in [4.69, 9.17) is 4.99 Å². The number of hydrogen-bond acceptors (Lipinski definition) is 2. The second kappa shape index (κ2) is 10.8. The van der Waals surface area contributed by atoms with Gasteiger partial charge in [0.05, 0.1) is 6.10 Å². The second-order valence-corrected chi connectivity index (χ2v) is 6.83. The Bertz CT molecular complexity index is 692. The van der Waals surface area contributed by atoms with E-state index in [1.807, 2.05) is 0 Å². The molecular weight excluding hydrogens is 439 g/mol. The van der Waals surface area contributed by atoms with Crippen molar-refractivity contribution in [1.29, 1.82) is 0 Å². The lowest BCUT2D eigenvalue weighted by Crippen LogP contribution is -2.45. The van der Waals surface area contributed by atoms with Crippen LogP contribution in [0.1, 0.15) is 39.0 Å². The van der Waals surface area contributed by atoms with E-state index < -0.39 is 0 Å². The highest BCUT2D eigenvalue weighted by Crippen LogP contribution is 2.18. The van der Waals surface area contributed by atoms with E-state index in [0.717, 1.165) is 57.7 Å². The highest BCUT2D eigenvalue weighted by atomic mass is 127. The van der Waals surface area contributed by atoms with Crippen molar-refractivity contribution in [2.75, 3.05) is 13.1 Å². The Morgan fingerprint density at radius 3 is 2.73 bits per heavy atom. The SMILES string of the molecule is CCNC(=NCCCn1ccc2ccccc21)NC1CCC(O)CC1.I. The molecule has 1 aliphatic carbocycles. The van der Waals surface area contributed by atoms with Gasteiger partial charge in [-0.25, -0.2) is 0 Å². The Morgan fingerprint density at radius 1 is 1.19 bits per heavy atom. The van der Waals surface area contributed by atoms with Crippen LogP contribution in [0.3, 0.4) is 0 Å². The fourth-order valence-electron chi connectivity index (χ4n) is 3.50. The number of guanidine groups is 1. The molecule has 144 valence electrons. The largest absolute Gasteiger partial charge is 0.393 e. The number of nitrogens with one attached hydrogen (secondary N) is 2. The summed E-state index contributed by atoms with van der Waals surface area (Å²) in [6.45, 7) is 4.74. The van der Waals surface area contributed by atoms with Gasteiger partial charge in [0.1, 0.15) is 0 Å². The second-order valence-electron chi connectivity index (χ2n) is 6.83. The van der Waals surface area contributed by atoms with Crippen molar-refractivity contribution < 1.29 is 5.11 Å². The lowest BCUT2D eigenvalue weighted by atomic mass is 9.93. The predicted octanol–water partition coefficient (Wildman–Crippen LogP) is 3.51. The maximum Gasteiger partial charge on any atom is 0.191 e. The molecule has 1 aliphatic rings. The molecule has 0 atom stereocenters. The van der Waals surface area contributed by atoms with Crippen molar-refractivity contribution in [3.8, 4) is 0 Å². The van der Waals surface area contributed by atoms with Gasteiger partial charge >= 0.3 is 0 Å². The summed E-state index contributed by atoms with van der Waals surface area (Å²) in [5.41, 5.74) is 1.29. The summed E-state index contributed by atoms with van der Waals surface area (Å²) in [4.78, 5) is 4.72. The van der Waals surface area contributed by atoms with E-state index in [1.54, 1.807) is 0 Å². The summed E-state index contributed by atoms with van der Waals surface area (Å²) in [5, 5.41) is 17.8. The summed E-state index contributed by atoms with van der Waals surface area (Å²) >= 11 is 0. The Kier molecular flexibility index (Phi) is 8.71. The summed E-state index contributed by atoms with van der Waals surface area (Å²) in [7, 11) is 0. The van der Waals surface area contributed by atoms with Crippen LogP contribution in [-0.2, 0) is 6.54 Å². The van der Waals surface area contributed by atoms with Crippen molar-refractivity contribution in [3.05, 3.63) is 36.5 Å². The molecule has 2 aromatic rings. The van der Waals surface area contributed by atoms with E-state index in [1.165, 1.54) is 10.9 Å². The van der Waals surface area contributed by atoms with Crippen molar-refractivity contribution >= 4 is 40.8 Å². The van der Waals surface area contributed by atoms with Gasteiger partial charge in [-0.1, -0.05) is 18.2 Å². The number of aliphatic imine (C=N–C) groups is 1. The number of fused-ring (bicyclic) bond motifs is 1. The first-order valence-electron chi connectivity index (χ1n) is 9.53. The van der Waals surface area contributed by atoms with Gasteiger partial charge in [0, 0.05) is 37.4 Å². The van der Waals surface area contributed by atoms with Gasteiger partial charge in [-0.05, 0) is 56.5 Å². The Hall–Kier alpha value is -1.28. The quantitative estimate of drug-likeness (QED) is 0.262. The first-order chi connectivity index (χ1) is 12.3. The minimum Gasteiger partial charge on any atom is -0.393 e. The molecule has 0 radical (unpaired) electrons. The zero-order valence-electron chi connectivity index (χ0n) is 15.5. The van der Waals surface area contributed by atoms with E-state index >= 15 is 0 Å². The van der Waals surface area contributed by atoms with E-state index in [9.17, 15) is 5.11 Å².